The van der Waals surface area contributed by atoms with Crippen molar-refractivity contribution in [2.75, 3.05) is 26.2 Å². The van der Waals surface area contributed by atoms with Gasteiger partial charge < -0.3 is 14.7 Å². The Labute approximate surface area is 124 Å². The molecule has 1 N–H and O–H groups in total. The molecule has 118 valence electrons. The number of nitro groups is 1. The number of aliphatic carboxylic acids is 1. The van der Waals surface area contributed by atoms with Crippen molar-refractivity contribution in [3.05, 3.63) is 34.4 Å². The van der Waals surface area contributed by atoms with Crippen molar-refractivity contribution < 1.29 is 19.6 Å². The maximum absolute atomic E-state index is 10.2. The van der Waals surface area contributed by atoms with Crippen LogP contribution in [0, 0.1) is 10.1 Å². The van der Waals surface area contributed by atoms with Crippen LogP contribution in [0.4, 0.5) is 5.69 Å². The standard InChI is InChI=1S/C8H7NO5.C6H15N/c10-8(11)5-14-7-3-1-6(2-4-7)9(12)13;1-4-7(5-2)6-3/h1-4H,5H2,(H,10,11);4-6H2,1-3H3. The van der Waals surface area contributed by atoms with E-state index in [4.69, 9.17) is 9.84 Å². The van der Waals surface area contributed by atoms with Crippen molar-refractivity contribution >= 4 is 11.7 Å². The summed E-state index contributed by atoms with van der Waals surface area (Å²) in [5, 5.41) is 18.5. The van der Waals surface area contributed by atoms with E-state index in [0.717, 1.165) is 0 Å². The predicted octanol–water partition coefficient (Wildman–Crippen LogP) is 2.41. The first-order chi connectivity index (χ1) is 9.94. The number of carbonyl (C=O) groups is 1. The fraction of sp³-hybridized carbons (Fsp3) is 0.500. The van der Waals surface area contributed by atoms with E-state index in [-0.39, 0.29) is 11.4 Å². The largest absolute Gasteiger partial charge is 0.482 e. The molecule has 0 bridgehead atoms. The van der Waals surface area contributed by atoms with Gasteiger partial charge >= 0.3 is 5.97 Å². The second-order valence-corrected chi connectivity index (χ2v) is 4.05. The maximum Gasteiger partial charge on any atom is 0.341 e. The Morgan fingerprint density at radius 3 is 1.95 bits per heavy atom. The minimum atomic E-state index is -1.09. The number of carboxylic acid groups (broad SMARTS) is 1. The number of rotatable bonds is 7. The van der Waals surface area contributed by atoms with Crippen molar-refractivity contribution in [2.24, 2.45) is 0 Å². The summed E-state index contributed by atoms with van der Waals surface area (Å²) < 4.78 is 4.78. The van der Waals surface area contributed by atoms with Crippen LogP contribution in [0.2, 0.25) is 0 Å². The topological polar surface area (TPSA) is 92.9 Å². The summed E-state index contributed by atoms with van der Waals surface area (Å²) in [5.41, 5.74) is -0.0623. The molecule has 21 heavy (non-hydrogen) atoms. The fourth-order valence-corrected chi connectivity index (χ4v) is 1.48. The van der Waals surface area contributed by atoms with Gasteiger partial charge in [0.15, 0.2) is 6.61 Å². The number of nitro benzene ring substituents is 1. The average molecular weight is 298 g/mol. The normalized spacial score (nSPS) is 9.71. The fourth-order valence-electron chi connectivity index (χ4n) is 1.48. The van der Waals surface area contributed by atoms with E-state index < -0.39 is 17.5 Å². The molecule has 1 aromatic carbocycles. The van der Waals surface area contributed by atoms with E-state index in [2.05, 4.69) is 25.7 Å². The molecule has 0 aliphatic rings. The first kappa shape index (κ1) is 18.9. The highest BCUT2D eigenvalue weighted by atomic mass is 16.6. The molecule has 0 unspecified atom stereocenters. The van der Waals surface area contributed by atoms with Gasteiger partial charge in [0.05, 0.1) is 4.92 Å². The Morgan fingerprint density at radius 2 is 1.67 bits per heavy atom. The van der Waals surface area contributed by atoms with Gasteiger partial charge in [-0.2, -0.15) is 0 Å². The Kier molecular flexibility index (Phi) is 9.53. The van der Waals surface area contributed by atoms with Gasteiger partial charge in [0.25, 0.3) is 5.69 Å². The molecule has 0 aliphatic carbocycles. The smallest absolute Gasteiger partial charge is 0.341 e. The molecule has 0 atom stereocenters. The molecule has 0 spiro atoms. The van der Waals surface area contributed by atoms with Gasteiger partial charge in [-0.15, -0.1) is 0 Å². The molecular formula is C14H22N2O5. The van der Waals surface area contributed by atoms with Crippen LogP contribution in [0.1, 0.15) is 20.8 Å². The zero-order valence-electron chi connectivity index (χ0n) is 12.6. The zero-order valence-corrected chi connectivity index (χ0v) is 12.6. The third kappa shape index (κ3) is 8.59. The molecule has 0 saturated carbocycles. The SMILES string of the molecule is CCN(CC)CC.O=C(O)COc1ccc([N+](=O)[O-])cc1. The second-order valence-electron chi connectivity index (χ2n) is 4.05. The number of carboxylic acids is 1. The van der Waals surface area contributed by atoms with Crippen LogP contribution in [0.5, 0.6) is 5.75 Å². The first-order valence-corrected chi connectivity index (χ1v) is 6.75. The van der Waals surface area contributed by atoms with E-state index in [1.807, 2.05) is 0 Å². The van der Waals surface area contributed by atoms with E-state index in [9.17, 15) is 14.9 Å². The van der Waals surface area contributed by atoms with Crippen molar-refractivity contribution in [1.29, 1.82) is 0 Å². The molecule has 1 rings (SSSR count). The van der Waals surface area contributed by atoms with E-state index in [1.54, 1.807) is 0 Å². The summed E-state index contributed by atoms with van der Waals surface area (Å²) in [6.45, 7) is 9.66. The molecule has 0 heterocycles. The lowest BCUT2D eigenvalue weighted by molar-refractivity contribution is -0.384. The zero-order chi connectivity index (χ0) is 16.3. The highest BCUT2D eigenvalue weighted by Crippen LogP contribution is 2.16. The Hall–Kier alpha value is -2.15. The summed E-state index contributed by atoms with van der Waals surface area (Å²) in [7, 11) is 0. The maximum atomic E-state index is 10.2. The molecule has 0 aromatic heterocycles. The summed E-state index contributed by atoms with van der Waals surface area (Å²) in [5.74, 6) is -0.804. The van der Waals surface area contributed by atoms with Crippen molar-refractivity contribution in [2.45, 2.75) is 20.8 Å². The Morgan fingerprint density at radius 1 is 1.19 bits per heavy atom. The number of nitrogens with zero attached hydrogens (tertiary/aromatic N) is 2. The number of ether oxygens (including phenoxy) is 1. The minimum Gasteiger partial charge on any atom is -0.482 e. The predicted molar refractivity (Wildman–Crippen MR) is 79.7 cm³/mol. The van der Waals surface area contributed by atoms with Gasteiger partial charge in [-0.1, -0.05) is 20.8 Å². The third-order valence-corrected chi connectivity index (χ3v) is 2.75. The van der Waals surface area contributed by atoms with Gasteiger partial charge in [0.1, 0.15) is 5.75 Å². The van der Waals surface area contributed by atoms with Crippen molar-refractivity contribution in [3.8, 4) is 5.75 Å². The molecule has 0 amide bonds. The summed E-state index contributed by atoms with van der Waals surface area (Å²) in [6.07, 6.45) is 0. The minimum absolute atomic E-state index is 0.0623. The molecular weight excluding hydrogens is 276 g/mol. The third-order valence-electron chi connectivity index (χ3n) is 2.75. The summed E-state index contributed by atoms with van der Waals surface area (Å²) >= 11 is 0. The lowest BCUT2D eigenvalue weighted by atomic mass is 10.3. The van der Waals surface area contributed by atoms with Crippen LogP contribution in [-0.2, 0) is 4.79 Å². The van der Waals surface area contributed by atoms with Crippen LogP contribution in [0.25, 0.3) is 0 Å². The van der Waals surface area contributed by atoms with Gasteiger partial charge in [-0.25, -0.2) is 4.79 Å². The lowest BCUT2D eigenvalue weighted by Gasteiger charge is -2.13. The monoisotopic (exact) mass is 298 g/mol. The average Bonchev–Trinajstić information content (AvgIpc) is 2.48. The van der Waals surface area contributed by atoms with Crippen LogP contribution in [-0.4, -0.2) is 47.1 Å². The van der Waals surface area contributed by atoms with Crippen molar-refractivity contribution in [1.82, 2.24) is 4.90 Å². The highest BCUT2D eigenvalue weighted by Gasteiger charge is 2.05. The Bertz CT molecular complexity index is 424. The summed E-state index contributed by atoms with van der Waals surface area (Å²) in [6, 6.07) is 5.19. The van der Waals surface area contributed by atoms with E-state index in [0.29, 0.717) is 0 Å². The molecule has 0 saturated heterocycles. The van der Waals surface area contributed by atoms with Crippen LogP contribution in [0.15, 0.2) is 24.3 Å². The molecule has 0 fully saturated rings. The quantitative estimate of drug-likeness (QED) is 0.613. The summed E-state index contributed by atoms with van der Waals surface area (Å²) in [4.78, 5) is 22.2. The lowest BCUT2D eigenvalue weighted by Crippen LogP contribution is -2.21. The van der Waals surface area contributed by atoms with Gasteiger partial charge in [-0.05, 0) is 31.8 Å². The number of non-ortho nitro benzene ring substituents is 1. The number of benzene rings is 1. The van der Waals surface area contributed by atoms with Crippen LogP contribution >= 0.6 is 0 Å². The molecule has 0 aliphatic heterocycles. The molecule has 0 radical (unpaired) electrons. The van der Waals surface area contributed by atoms with Gasteiger partial charge in [-0.3, -0.25) is 10.1 Å². The number of hydrogen-bond donors (Lipinski definition) is 1. The number of hydrogen-bond acceptors (Lipinski definition) is 5. The highest BCUT2D eigenvalue weighted by molar-refractivity contribution is 5.68. The van der Waals surface area contributed by atoms with E-state index >= 15 is 0 Å². The van der Waals surface area contributed by atoms with Crippen LogP contribution in [0.3, 0.4) is 0 Å². The van der Waals surface area contributed by atoms with E-state index in [1.165, 1.54) is 43.9 Å². The van der Waals surface area contributed by atoms with Crippen LogP contribution < -0.4 is 4.74 Å². The Balaban J connectivity index is 0.000000486. The molecule has 7 nitrogen and oxygen atoms in total. The van der Waals surface area contributed by atoms with Crippen molar-refractivity contribution in [3.63, 3.8) is 0 Å². The molecule has 7 heteroatoms. The van der Waals surface area contributed by atoms with Gasteiger partial charge in [0.2, 0.25) is 0 Å². The first-order valence-electron chi connectivity index (χ1n) is 6.75. The van der Waals surface area contributed by atoms with Gasteiger partial charge in [0, 0.05) is 12.1 Å². The second kappa shape index (κ2) is 10.6. The molecule has 1 aromatic rings.